The van der Waals surface area contributed by atoms with Crippen LogP contribution < -0.4 is 15.0 Å². The summed E-state index contributed by atoms with van der Waals surface area (Å²) in [5, 5.41) is 1.70. The van der Waals surface area contributed by atoms with E-state index in [2.05, 4.69) is 16.8 Å². The Bertz CT molecular complexity index is 1020. The van der Waals surface area contributed by atoms with Crippen molar-refractivity contribution in [2.75, 3.05) is 26.2 Å². The third kappa shape index (κ3) is 4.49. The van der Waals surface area contributed by atoms with Crippen LogP contribution in [-0.4, -0.2) is 41.7 Å². The maximum absolute atomic E-state index is 11.5. The van der Waals surface area contributed by atoms with Gasteiger partial charge >= 0.3 is 0 Å². The Labute approximate surface area is 168 Å². The molecule has 28 heavy (non-hydrogen) atoms. The average Bonchev–Trinajstić information content (AvgIpc) is 3.04. The van der Waals surface area contributed by atoms with Crippen LogP contribution in [0.3, 0.4) is 0 Å². The lowest BCUT2D eigenvalue weighted by atomic mass is 10.1. The zero-order valence-corrected chi connectivity index (χ0v) is 16.5. The van der Waals surface area contributed by atoms with Gasteiger partial charge in [0.1, 0.15) is 23.7 Å². The van der Waals surface area contributed by atoms with Crippen LogP contribution in [0.25, 0.3) is 10.9 Å². The molecule has 3 aromatic rings. The number of pyridine rings is 1. The van der Waals surface area contributed by atoms with Gasteiger partial charge in [-0.1, -0.05) is 11.6 Å². The third-order valence-corrected chi connectivity index (χ3v) is 5.32. The number of H-pyrrole nitrogens is 1. The summed E-state index contributed by atoms with van der Waals surface area (Å²) in [4.78, 5) is 16.6. The molecular weight excluding hydrogens is 376 g/mol. The number of halogens is 1. The SMILES string of the molecule is CC1(Oc2ccc(Cl)cc2)CCN(CCOc2ccc3ccc(=O)[nH]c3c2)C1. The number of nitrogens with zero attached hydrogens (tertiary/aromatic N) is 1. The van der Waals surface area contributed by atoms with Crippen molar-refractivity contribution in [2.24, 2.45) is 0 Å². The minimum atomic E-state index is -0.212. The second-order valence-electron chi connectivity index (χ2n) is 7.45. The molecule has 0 amide bonds. The molecule has 1 N–H and O–H groups in total. The second-order valence-corrected chi connectivity index (χ2v) is 7.89. The molecule has 0 aliphatic carbocycles. The van der Waals surface area contributed by atoms with Gasteiger partial charge in [-0.3, -0.25) is 9.69 Å². The molecule has 146 valence electrons. The normalized spacial score (nSPS) is 19.8. The number of hydrogen-bond acceptors (Lipinski definition) is 4. The van der Waals surface area contributed by atoms with Gasteiger partial charge in [-0.15, -0.1) is 0 Å². The van der Waals surface area contributed by atoms with Crippen molar-refractivity contribution >= 4 is 22.5 Å². The molecule has 1 aliphatic rings. The summed E-state index contributed by atoms with van der Waals surface area (Å²) in [5.74, 6) is 1.60. The minimum Gasteiger partial charge on any atom is -0.492 e. The minimum absolute atomic E-state index is 0.110. The van der Waals surface area contributed by atoms with E-state index < -0.39 is 0 Å². The molecule has 6 heteroatoms. The van der Waals surface area contributed by atoms with E-state index in [0.29, 0.717) is 11.6 Å². The fourth-order valence-corrected chi connectivity index (χ4v) is 3.72. The maximum Gasteiger partial charge on any atom is 0.248 e. The van der Waals surface area contributed by atoms with E-state index in [1.807, 2.05) is 48.5 Å². The Morgan fingerprint density at radius 1 is 1.11 bits per heavy atom. The van der Waals surface area contributed by atoms with Crippen molar-refractivity contribution in [1.82, 2.24) is 9.88 Å². The number of nitrogens with one attached hydrogen (secondary N) is 1. The molecule has 2 aromatic carbocycles. The lowest BCUT2D eigenvalue weighted by molar-refractivity contribution is 0.0935. The van der Waals surface area contributed by atoms with Crippen molar-refractivity contribution in [1.29, 1.82) is 0 Å². The molecule has 1 aliphatic heterocycles. The Kier molecular flexibility index (Phi) is 5.29. The van der Waals surface area contributed by atoms with Crippen molar-refractivity contribution in [3.8, 4) is 11.5 Å². The first kappa shape index (κ1) is 18.8. The number of aromatic nitrogens is 1. The van der Waals surface area contributed by atoms with Crippen LogP contribution in [0.2, 0.25) is 5.02 Å². The predicted molar refractivity (Wildman–Crippen MR) is 112 cm³/mol. The largest absolute Gasteiger partial charge is 0.492 e. The summed E-state index contributed by atoms with van der Waals surface area (Å²) >= 11 is 5.94. The van der Waals surface area contributed by atoms with E-state index in [1.165, 1.54) is 6.07 Å². The van der Waals surface area contributed by atoms with Crippen molar-refractivity contribution in [3.63, 3.8) is 0 Å². The van der Waals surface area contributed by atoms with Gasteiger partial charge in [-0.2, -0.15) is 0 Å². The van der Waals surface area contributed by atoms with Crippen molar-refractivity contribution in [3.05, 3.63) is 70.0 Å². The number of fused-ring (bicyclic) bond motifs is 1. The van der Waals surface area contributed by atoms with Crippen LogP contribution in [0, 0.1) is 0 Å². The molecule has 1 aromatic heterocycles. The molecule has 1 fully saturated rings. The Morgan fingerprint density at radius 2 is 1.86 bits per heavy atom. The number of rotatable bonds is 6. The second kappa shape index (κ2) is 7.86. The summed E-state index contributed by atoms with van der Waals surface area (Å²) in [7, 11) is 0. The van der Waals surface area contributed by atoms with Crippen LogP contribution in [0.4, 0.5) is 0 Å². The number of benzene rings is 2. The third-order valence-electron chi connectivity index (χ3n) is 5.07. The molecular formula is C22H23ClN2O3. The lowest BCUT2D eigenvalue weighted by Gasteiger charge is -2.26. The molecule has 1 saturated heterocycles. The van der Waals surface area contributed by atoms with Crippen LogP contribution in [-0.2, 0) is 0 Å². The van der Waals surface area contributed by atoms with Gasteiger partial charge in [0.05, 0.1) is 5.52 Å². The molecule has 0 saturated carbocycles. The molecule has 1 atom stereocenters. The number of aromatic amines is 1. The zero-order valence-electron chi connectivity index (χ0n) is 15.8. The fraction of sp³-hybridized carbons (Fsp3) is 0.318. The van der Waals surface area contributed by atoms with Crippen LogP contribution in [0.5, 0.6) is 11.5 Å². The van der Waals surface area contributed by atoms with Crippen molar-refractivity contribution < 1.29 is 9.47 Å². The number of likely N-dealkylation sites (tertiary alicyclic amines) is 1. The van der Waals surface area contributed by atoms with E-state index in [1.54, 1.807) is 0 Å². The smallest absolute Gasteiger partial charge is 0.248 e. The highest BCUT2D eigenvalue weighted by Gasteiger charge is 2.35. The molecule has 0 radical (unpaired) electrons. The summed E-state index contributed by atoms with van der Waals surface area (Å²) in [6.07, 6.45) is 0.965. The van der Waals surface area contributed by atoms with E-state index in [9.17, 15) is 4.79 Å². The van der Waals surface area contributed by atoms with E-state index >= 15 is 0 Å². The van der Waals surface area contributed by atoms with Gasteiger partial charge in [0.25, 0.3) is 0 Å². The molecule has 1 unspecified atom stereocenters. The molecule has 0 spiro atoms. The van der Waals surface area contributed by atoms with Crippen LogP contribution in [0.1, 0.15) is 13.3 Å². The van der Waals surface area contributed by atoms with Crippen molar-refractivity contribution in [2.45, 2.75) is 18.9 Å². The Morgan fingerprint density at radius 3 is 2.68 bits per heavy atom. The Hall–Kier alpha value is -2.50. The number of ether oxygens (including phenoxy) is 2. The van der Waals surface area contributed by atoms with Crippen LogP contribution in [0.15, 0.2) is 59.4 Å². The summed E-state index contributed by atoms with van der Waals surface area (Å²) in [6.45, 7) is 5.37. The first-order valence-corrected chi connectivity index (χ1v) is 9.80. The fourth-order valence-electron chi connectivity index (χ4n) is 3.60. The summed E-state index contributed by atoms with van der Waals surface area (Å²) in [5.41, 5.74) is 0.466. The van der Waals surface area contributed by atoms with Gasteiger partial charge in [-0.05, 0) is 54.8 Å². The number of hydrogen-bond donors (Lipinski definition) is 1. The van der Waals surface area contributed by atoms with E-state index in [4.69, 9.17) is 21.1 Å². The quantitative estimate of drug-likeness (QED) is 0.679. The van der Waals surface area contributed by atoms with Gasteiger partial charge in [-0.25, -0.2) is 0 Å². The average molecular weight is 399 g/mol. The summed E-state index contributed by atoms with van der Waals surface area (Å²) < 4.78 is 12.1. The standard InChI is InChI=1S/C22H23ClN2O3/c1-22(28-18-7-4-17(23)5-8-18)10-11-25(15-22)12-13-27-19-6-2-16-3-9-21(26)24-20(16)14-19/h2-9,14H,10-13,15H2,1H3,(H,24,26). The highest BCUT2D eigenvalue weighted by atomic mass is 35.5. The van der Waals surface area contributed by atoms with Gasteiger partial charge in [0.15, 0.2) is 0 Å². The molecule has 5 nitrogen and oxygen atoms in total. The van der Waals surface area contributed by atoms with E-state index in [0.717, 1.165) is 48.5 Å². The summed E-state index contributed by atoms with van der Waals surface area (Å²) in [6, 6.07) is 16.6. The Balaban J connectivity index is 1.30. The monoisotopic (exact) mass is 398 g/mol. The van der Waals surface area contributed by atoms with Crippen LogP contribution >= 0.6 is 11.6 Å². The highest BCUT2D eigenvalue weighted by molar-refractivity contribution is 6.30. The molecule has 0 bridgehead atoms. The molecule has 2 heterocycles. The van der Waals surface area contributed by atoms with Gasteiger partial charge < -0.3 is 14.5 Å². The zero-order chi connectivity index (χ0) is 19.6. The predicted octanol–water partition coefficient (Wildman–Crippen LogP) is 4.10. The topological polar surface area (TPSA) is 54.6 Å². The van der Waals surface area contributed by atoms with Gasteiger partial charge in [0, 0.05) is 43.2 Å². The first-order valence-electron chi connectivity index (χ1n) is 9.42. The van der Waals surface area contributed by atoms with E-state index in [-0.39, 0.29) is 11.2 Å². The highest BCUT2D eigenvalue weighted by Crippen LogP contribution is 2.28. The lowest BCUT2D eigenvalue weighted by Crippen LogP contribution is -2.37. The van der Waals surface area contributed by atoms with Gasteiger partial charge in [0.2, 0.25) is 5.56 Å². The molecule has 4 rings (SSSR count). The first-order chi connectivity index (χ1) is 13.5. The maximum atomic E-state index is 11.5.